The summed E-state index contributed by atoms with van der Waals surface area (Å²) >= 11 is 0. The summed E-state index contributed by atoms with van der Waals surface area (Å²) in [5.74, 6) is 2.10. The number of benzene rings is 2. The highest BCUT2D eigenvalue weighted by molar-refractivity contribution is 6.06. The largest absolute Gasteiger partial charge is 0.490 e. The van der Waals surface area contributed by atoms with Crippen LogP contribution in [-0.4, -0.2) is 48.4 Å². The molecule has 34 heavy (non-hydrogen) atoms. The minimum Gasteiger partial charge on any atom is -0.490 e. The van der Waals surface area contributed by atoms with Gasteiger partial charge in [-0.05, 0) is 81.1 Å². The van der Waals surface area contributed by atoms with Crippen molar-refractivity contribution in [2.75, 3.05) is 26.9 Å². The number of aromatic nitrogens is 1. The molecule has 176 valence electrons. The van der Waals surface area contributed by atoms with E-state index < -0.39 is 0 Å². The third kappa shape index (κ3) is 3.96. The van der Waals surface area contributed by atoms with E-state index in [1.54, 1.807) is 22.8 Å². The van der Waals surface area contributed by atoms with Gasteiger partial charge >= 0.3 is 0 Å². The normalized spacial score (nSPS) is 18.8. The highest BCUT2D eigenvalue weighted by Gasteiger charge is 2.23. The van der Waals surface area contributed by atoms with Crippen molar-refractivity contribution in [3.05, 3.63) is 59.8 Å². The lowest BCUT2D eigenvalue weighted by atomic mass is 9.97. The lowest BCUT2D eigenvalue weighted by Crippen LogP contribution is -2.23. The van der Waals surface area contributed by atoms with Crippen molar-refractivity contribution in [3.8, 4) is 17.2 Å². The minimum absolute atomic E-state index is 0.0796. The van der Waals surface area contributed by atoms with Crippen molar-refractivity contribution in [1.82, 2.24) is 9.47 Å². The van der Waals surface area contributed by atoms with Crippen LogP contribution in [0.15, 0.2) is 48.7 Å². The first-order chi connectivity index (χ1) is 16.7. The number of hydrogen-bond donors (Lipinski definition) is 0. The first kappa shape index (κ1) is 21.3. The molecule has 3 heterocycles. The van der Waals surface area contributed by atoms with Crippen LogP contribution in [0.1, 0.15) is 54.4 Å². The summed E-state index contributed by atoms with van der Waals surface area (Å²) in [5.41, 5.74) is 3.88. The van der Waals surface area contributed by atoms with Crippen LogP contribution >= 0.6 is 0 Å². The monoisotopic (exact) mass is 458 g/mol. The van der Waals surface area contributed by atoms with E-state index in [0.29, 0.717) is 17.1 Å². The first-order valence-electron chi connectivity index (χ1n) is 12.3. The molecule has 6 rings (SSSR count). The molecule has 6 nitrogen and oxygen atoms in total. The fourth-order valence-corrected chi connectivity index (χ4v) is 5.27. The predicted molar refractivity (Wildman–Crippen MR) is 132 cm³/mol. The molecule has 1 saturated carbocycles. The zero-order chi connectivity index (χ0) is 23.1. The van der Waals surface area contributed by atoms with E-state index in [1.807, 2.05) is 18.3 Å². The number of nitrogens with zero attached hydrogens (tertiary/aromatic N) is 2. The molecule has 1 aromatic heterocycles. The predicted octanol–water partition coefficient (Wildman–Crippen LogP) is 5.49. The van der Waals surface area contributed by atoms with Gasteiger partial charge < -0.3 is 19.1 Å². The zero-order valence-electron chi connectivity index (χ0n) is 19.6. The van der Waals surface area contributed by atoms with Gasteiger partial charge in [0.25, 0.3) is 5.91 Å². The zero-order valence-corrected chi connectivity index (χ0v) is 19.6. The van der Waals surface area contributed by atoms with E-state index in [1.165, 1.54) is 24.8 Å². The molecule has 0 bridgehead atoms. The molecular formula is C28H30N2O4. The fraction of sp³-hybridized carbons (Fsp3) is 0.393. The molecule has 0 N–H and O–H groups in total. The van der Waals surface area contributed by atoms with Gasteiger partial charge in [-0.25, -0.2) is 0 Å². The molecule has 1 aliphatic carbocycles. The lowest BCUT2D eigenvalue weighted by Gasteiger charge is -2.23. The number of carbonyl (C=O) groups excluding carboxylic acids is 1. The van der Waals surface area contributed by atoms with Crippen LogP contribution < -0.4 is 14.2 Å². The Kier molecular flexibility index (Phi) is 5.53. The van der Waals surface area contributed by atoms with Crippen molar-refractivity contribution >= 4 is 22.4 Å². The van der Waals surface area contributed by atoms with Gasteiger partial charge in [-0.15, -0.1) is 0 Å². The molecule has 0 atom stereocenters. The van der Waals surface area contributed by atoms with Crippen LogP contribution in [-0.2, 0) is 0 Å². The van der Waals surface area contributed by atoms with E-state index in [-0.39, 0.29) is 18.8 Å². The summed E-state index contributed by atoms with van der Waals surface area (Å²) in [6.07, 6.45) is 11.5. The van der Waals surface area contributed by atoms with Crippen LogP contribution in [0, 0.1) is 0 Å². The average molecular weight is 459 g/mol. The summed E-state index contributed by atoms with van der Waals surface area (Å²) in [5, 5.41) is 1.07. The molecule has 6 heteroatoms. The maximum absolute atomic E-state index is 13.6. The van der Waals surface area contributed by atoms with Crippen molar-refractivity contribution < 1.29 is 19.0 Å². The highest BCUT2D eigenvalue weighted by atomic mass is 16.7. The number of rotatable bonds is 4. The van der Waals surface area contributed by atoms with Gasteiger partial charge in [0.05, 0.1) is 11.6 Å². The second-order valence-electron chi connectivity index (χ2n) is 9.58. The molecule has 3 aliphatic rings. The van der Waals surface area contributed by atoms with Gasteiger partial charge in [0.15, 0.2) is 11.5 Å². The number of fused-ring (bicyclic) bond motifs is 2. The van der Waals surface area contributed by atoms with Gasteiger partial charge in [-0.1, -0.05) is 12.5 Å². The molecule has 0 amide bonds. The van der Waals surface area contributed by atoms with Crippen molar-refractivity contribution in [1.29, 1.82) is 0 Å². The van der Waals surface area contributed by atoms with E-state index in [4.69, 9.17) is 14.2 Å². The Bertz CT molecular complexity index is 1270. The van der Waals surface area contributed by atoms with E-state index >= 15 is 0 Å². The number of hydrogen-bond acceptors (Lipinski definition) is 5. The molecule has 0 radical (unpaired) electrons. The Labute approximate surface area is 199 Å². The van der Waals surface area contributed by atoms with Gasteiger partial charge in [0.1, 0.15) is 5.75 Å². The summed E-state index contributed by atoms with van der Waals surface area (Å²) in [6, 6.07) is 11.5. The summed E-state index contributed by atoms with van der Waals surface area (Å²) in [6.45, 7) is 2.11. The lowest BCUT2D eigenvalue weighted by molar-refractivity contribution is 0.0964. The average Bonchev–Trinajstić information content (AvgIpc) is 3.49. The maximum atomic E-state index is 13.6. The Morgan fingerprint density at radius 3 is 2.71 bits per heavy atom. The smallest absolute Gasteiger partial charge is 0.262 e. The second-order valence-corrected chi connectivity index (χ2v) is 9.58. The molecule has 0 spiro atoms. The molecular weight excluding hydrogens is 428 g/mol. The third-order valence-corrected chi connectivity index (χ3v) is 7.23. The van der Waals surface area contributed by atoms with Crippen LogP contribution in [0.2, 0.25) is 0 Å². The SMILES string of the molecule is CN1CC=C(c2cn(C(=O)c3ccc4c(c3)OCO4)c3ccc(OC4CCCCC4)cc23)CC1. The van der Waals surface area contributed by atoms with Gasteiger partial charge in [-0.2, -0.15) is 0 Å². The minimum atomic E-state index is -0.0796. The molecule has 2 aliphatic heterocycles. The van der Waals surface area contributed by atoms with Crippen LogP contribution in [0.4, 0.5) is 0 Å². The van der Waals surface area contributed by atoms with Crippen LogP contribution in [0.25, 0.3) is 16.5 Å². The Hall–Kier alpha value is -3.25. The van der Waals surface area contributed by atoms with Crippen LogP contribution in [0.3, 0.4) is 0 Å². The summed E-state index contributed by atoms with van der Waals surface area (Å²) in [7, 11) is 2.13. The summed E-state index contributed by atoms with van der Waals surface area (Å²) in [4.78, 5) is 15.9. The second kappa shape index (κ2) is 8.84. The van der Waals surface area contributed by atoms with E-state index in [0.717, 1.165) is 54.6 Å². The third-order valence-electron chi connectivity index (χ3n) is 7.23. The number of likely N-dealkylation sites (N-methyl/N-ethyl adjacent to an activating group) is 1. The van der Waals surface area contributed by atoms with Crippen molar-refractivity contribution in [2.24, 2.45) is 0 Å². The molecule has 0 unspecified atom stereocenters. The highest BCUT2D eigenvalue weighted by Crippen LogP contribution is 2.36. The van der Waals surface area contributed by atoms with Gasteiger partial charge in [0, 0.05) is 35.8 Å². The Morgan fingerprint density at radius 1 is 1.03 bits per heavy atom. The standard InChI is InChI=1S/C28H30N2O4/c1-29-13-11-19(12-14-29)24-17-30(28(31)20-7-10-26-27(15-20)33-18-32-26)25-9-8-22(16-23(24)25)34-21-5-3-2-4-6-21/h7-11,15-17,21H,2-6,12-14,18H2,1H3. The van der Waals surface area contributed by atoms with E-state index in [2.05, 4.69) is 24.1 Å². The number of ether oxygens (including phenoxy) is 3. The summed E-state index contributed by atoms with van der Waals surface area (Å²) < 4.78 is 19.1. The van der Waals surface area contributed by atoms with Crippen LogP contribution in [0.5, 0.6) is 17.2 Å². The van der Waals surface area contributed by atoms with Crippen molar-refractivity contribution in [3.63, 3.8) is 0 Å². The Balaban J connectivity index is 1.40. The number of carbonyl (C=O) groups is 1. The molecule has 0 saturated heterocycles. The van der Waals surface area contributed by atoms with Gasteiger partial charge in [0.2, 0.25) is 6.79 Å². The molecule has 3 aromatic rings. The maximum Gasteiger partial charge on any atom is 0.262 e. The topological polar surface area (TPSA) is 52.9 Å². The quantitative estimate of drug-likeness (QED) is 0.518. The Morgan fingerprint density at radius 2 is 1.88 bits per heavy atom. The van der Waals surface area contributed by atoms with Crippen molar-refractivity contribution in [2.45, 2.75) is 44.6 Å². The van der Waals surface area contributed by atoms with E-state index in [9.17, 15) is 4.79 Å². The fourth-order valence-electron chi connectivity index (χ4n) is 5.27. The molecule has 1 fully saturated rings. The first-order valence-corrected chi connectivity index (χ1v) is 12.3. The molecule has 2 aromatic carbocycles. The van der Waals surface area contributed by atoms with Gasteiger partial charge in [-0.3, -0.25) is 9.36 Å².